The van der Waals surface area contributed by atoms with Crippen LogP contribution in [0.15, 0.2) is 48.7 Å². The average molecular weight is 433 g/mol. The molecule has 0 fully saturated rings. The fraction of sp³-hybridized carbons (Fsp3) is 0.150. The Morgan fingerprint density at radius 2 is 2.07 bits per heavy atom. The molecule has 0 bridgehead atoms. The van der Waals surface area contributed by atoms with E-state index >= 15 is 0 Å². The molecule has 2 aromatic carbocycles. The van der Waals surface area contributed by atoms with Crippen molar-refractivity contribution in [2.75, 3.05) is 17.2 Å². The van der Waals surface area contributed by atoms with Gasteiger partial charge in [-0.1, -0.05) is 18.2 Å². The third-order valence-electron chi connectivity index (χ3n) is 4.28. The highest BCUT2D eigenvalue weighted by molar-refractivity contribution is 7.15. The van der Waals surface area contributed by atoms with Crippen molar-refractivity contribution in [1.82, 2.24) is 4.98 Å². The van der Waals surface area contributed by atoms with E-state index in [0.29, 0.717) is 32.6 Å². The lowest BCUT2D eigenvalue weighted by molar-refractivity contribution is -0.137. The van der Waals surface area contributed by atoms with Crippen LogP contribution in [0.2, 0.25) is 0 Å². The van der Waals surface area contributed by atoms with Gasteiger partial charge in [0.05, 0.1) is 11.3 Å². The largest absolute Gasteiger partial charge is 0.482 e. The SMILES string of the molecule is O=C1COc2cc(C(=O)Nc3ncc(Cc4cccc(C(F)(F)F)c4)s3)ccc2N1. The van der Waals surface area contributed by atoms with Gasteiger partial charge in [-0.25, -0.2) is 4.98 Å². The Bertz CT molecular complexity index is 1130. The molecule has 3 aromatic rings. The second kappa shape index (κ2) is 7.79. The lowest BCUT2D eigenvalue weighted by atomic mass is 10.1. The number of rotatable bonds is 4. The Balaban J connectivity index is 1.44. The zero-order valence-corrected chi connectivity index (χ0v) is 16.1. The predicted octanol–water partition coefficient (Wildman–Crippen LogP) is 4.34. The van der Waals surface area contributed by atoms with Gasteiger partial charge in [0.25, 0.3) is 11.8 Å². The van der Waals surface area contributed by atoms with Gasteiger partial charge in [0.2, 0.25) is 0 Å². The van der Waals surface area contributed by atoms with E-state index < -0.39 is 17.6 Å². The van der Waals surface area contributed by atoms with Crippen molar-refractivity contribution in [3.8, 4) is 5.75 Å². The minimum absolute atomic E-state index is 0.122. The Morgan fingerprint density at radius 1 is 1.23 bits per heavy atom. The molecule has 1 aliphatic heterocycles. The van der Waals surface area contributed by atoms with E-state index in [2.05, 4.69) is 15.6 Å². The molecule has 154 valence electrons. The summed E-state index contributed by atoms with van der Waals surface area (Å²) in [7, 11) is 0. The highest BCUT2D eigenvalue weighted by Crippen LogP contribution is 2.31. The lowest BCUT2D eigenvalue weighted by Gasteiger charge is -2.18. The molecule has 0 atom stereocenters. The number of carbonyl (C=O) groups excluding carboxylic acids is 2. The van der Waals surface area contributed by atoms with Crippen molar-refractivity contribution in [1.29, 1.82) is 0 Å². The molecule has 0 saturated carbocycles. The monoisotopic (exact) mass is 433 g/mol. The van der Waals surface area contributed by atoms with E-state index in [9.17, 15) is 22.8 Å². The standard InChI is InChI=1S/C20H14F3N3O3S/c21-20(22,23)13-3-1-2-11(6-13)7-14-9-24-19(30-14)26-18(28)12-4-5-15-16(8-12)29-10-17(27)25-15/h1-6,8-9H,7,10H2,(H,25,27)(H,24,26,28). The van der Waals surface area contributed by atoms with Crippen molar-refractivity contribution in [2.45, 2.75) is 12.6 Å². The van der Waals surface area contributed by atoms with Crippen LogP contribution in [0.4, 0.5) is 24.0 Å². The third kappa shape index (κ3) is 4.43. The molecule has 0 saturated heterocycles. The molecular formula is C20H14F3N3O3S. The van der Waals surface area contributed by atoms with Crippen LogP contribution < -0.4 is 15.4 Å². The van der Waals surface area contributed by atoms with Gasteiger partial charge in [-0.05, 0) is 29.8 Å². The molecule has 30 heavy (non-hydrogen) atoms. The minimum atomic E-state index is -4.40. The van der Waals surface area contributed by atoms with Gasteiger partial charge >= 0.3 is 6.18 Å². The zero-order chi connectivity index (χ0) is 21.3. The average Bonchev–Trinajstić information content (AvgIpc) is 3.13. The number of fused-ring (bicyclic) bond motifs is 1. The van der Waals surface area contributed by atoms with Crippen molar-refractivity contribution >= 4 is 34.0 Å². The second-order valence-corrected chi connectivity index (χ2v) is 7.62. The van der Waals surface area contributed by atoms with Crippen molar-refractivity contribution < 1.29 is 27.5 Å². The fourth-order valence-electron chi connectivity index (χ4n) is 2.89. The molecule has 10 heteroatoms. The van der Waals surface area contributed by atoms with Crippen LogP contribution in [0.25, 0.3) is 0 Å². The minimum Gasteiger partial charge on any atom is -0.482 e. The first-order chi connectivity index (χ1) is 14.3. The number of alkyl halides is 3. The molecule has 0 radical (unpaired) electrons. The number of ether oxygens (including phenoxy) is 1. The highest BCUT2D eigenvalue weighted by atomic mass is 32.1. The first kappa shape index (κ1) is 19.9. The first-order valence-electron chi connectivity index (χ1n) is 8.77. The molecule has 0 unspecified atom stereocenters. The maximum atomic E-state index is 12.9. The normalized spacial score (nSPS) is 13.2. The van der Waals surface area contributed by atoms with Gasteiger partial charge in [0.1, 0.15) is 5.75 Å². The van der Waals surface area contributed by atoms with Crippen molar-refractivity contribution in [3.05, 3.63) is 70.2 Å². The van der Waals surface area contributed by atoms with Gasteiger partial charge in [0.15, 0.2) is 11.7 Å². The number of aromatic nitrogens is 1. The van der Waals surface area contributed by atoms with Crippen LogP contribution in [-0.2, 0) is 17.4 Å². The van der Waals surface area contributed by atoms with Crippen LogP contribution in [0.5, 0.6) is 5.75 Å². The highest BCUT2D eigenvalue weighted by Gasteiger charge is 2.30. The summed E-state index contributed by atoms with van der Waals surface area (Å²) in [4.78, 5) is 28.6. The lowest BCUT2D eigenvalue weighted by Crippen LogP contribution is -2.25. The number of carbonyl (C=O) groups is 2. The van der Waals surface area contributed by atoms with Crippen LogP contribution >= 0.6 is 11.3 Å². The van der Waals surface area contributed by atoms with Crippen LogP contribution in [0.1, 0.15) is 26.4 Å². The van der Waals surface area contributed by atoms with E-state index in [-0.39, 0.29) is 18.9 Å². The van der Waals surface area contributed by atoms with Crippen LogP contribution in [0, 0.1) is 0 Å². The summed E-state index contributed by atoms with van der Waals surface area (Å²) in [5.74, 6) is -0.291. The van der Waals surface area contributed by atoms with Crippen LogP contribution in [0.3, 0.4) is 0 Å². The predicted molar refractivity (Wildman–Crippen MR) is 105 cm³/mol. The Labute approximate surface area is 172 Å². The summed E-state index contributed by atoms with van der Waals surface area (Å²) in [6, 6.07) is 9.73. The summed E-state index contributed by atoms with van der Waals surface area (Å²) in [5.41, 5.74) is 0.601. The Kier molecular flexibility index (Phi) is 5.17. The summed E-state index contributed by atoms with van der Waals surface area (Å²) in [5, 5.41) is 5.63. The molecule has 2 amide bonds. The topological polar surface area (TPSA) is 80.3 Å². The molecule has 1 aromatic heterocycles. The molecule has 0 aliphatic carbocycles. The molecule has 2 N–H and O–H groups in total. The fourth-order valence-corrected chi connectivity index (χ4v) is 3.73. The Hall–Kier alpha value is -3.40. The van der Waals surface area contributed by atoms with E-state index in [4.69, 9.17) is 4.74 Å². The number of hydrogen-bond donors (Lipinski definition) is 2. The second-order valence-electron chi connectivity index (χ2n) is 6.51. The number of hydrogen-bond acceptors (Lipinski definition) is 5. The van der Waals surface area contributed by atoms with Gasteiger partial charge < -0.3 is 10.1 Å². The van der Waals surface area contributed by atoms with Crippen molar-refractivity contribution in [3.63, 3.8) is 0 Å². The van der Waals surface area contributed by atoms with E-state index in [1.165, 1.54) is 29.7 Å². The van der Waals surface area contributed by atoms with Gasteiger partial charge in [0, 0.05) is 23.1 Å². The molecule has 6 nitrogen and oxygen atoms in total. The molecule has 4 rings (SSSR count). The van der Waals surface area contributed by atoms with Crippen molar-refractivity contribution in [2.24, 2.45) is 0 Å². The van der Waals surface area contributed by atoms with E-state index in [1.807, 2.05) is 0 Å². The van der Waals surface area contributed by atoms with Gasteiger partial charge in [-0.2, -0.15) is 13.2 Å². The van der Waals surface area contributed by atoms with E-state index in [0.717, 1.165) is 12.1 Å². The van der Waals surface area contributed by atoms with Crippen LogP contribution in [-0.4, -0.2) is 23.4 Å². The van der Waals surface area contributed by atoms with Gasteiger partial charge in [-0.15, -0.1) is 11.3 Å². The number of halogens is 3. The van der Waals surface area contributed by atoms with E-state index in [1.54, 1.807) is 18.2 Å². The number of thiazole rings is 1. The molecule has 2 heterocycles. The summed E-state index contributed by atoms with van der Waals surface area (Å²) in [6.45, 7) is -0.122. The van der Waals surface area contributed by atoms with Gasteiger partial charge in [-0.3, -0.25) is 14.9 Å². The maximum Gasteiger partial charge on any atom is 0.416 e. The number of anilines is 2. The molecule has 1 aliphatic rings. The summed E-state index contributed by atoms with van der Waals surface area (Å²) in [6.07, 6.45) is -2.61. The maximum absolute atomic E-state index is 12.9. The third-order valence-corrected chi connectivity index (χ3v) is 5.20. The quantitative estimate of drug-likeness (QED) is 0.642. The number of benzene rings is 2. The molecular weight excluding hydrogens is 419 g/mol. The number of nitrogens with zero attached hydrogens (tertiary/aromatic N) is 1. The first-order valence-corrected chi connectivity index (χ1v) is 9.58. The smallest absolute Gasteiger partial charge is 0.416 e. The number of nitrogens with one attached hydrogen (secondary N) is 2. The number of amides is 2. The molecule has 0 spiro atoms. The summed E-state index contributed by atoms with van der Waals surface area (Å²) >= 11 is 1.18. The summed E-state index contributed by atoms with van der Waals surface area (Å²) < 4.78 is 43.9. The zero-order valence-electron chi connectivity index (χ0n) is 15.2. The Morgan fingerprint density at radius 3 is 2.87 bits per heavy atom.